The molecule has 0 fully saturated rings. The van der Waals surface area contributed by atoms with Crippen LogP contribution in [-0.4, -0.2) is 16.7 Å². The van der Waals surface area contributed by atoms with Gasteiger partial charge in [-0.1, -0.05) is 17.7 Å². The van der Waals surface area contributed by atoms with Gasteiger partial charge >= 0.3 is 0 Å². The van der Waals surface area contributed by atoms with E-state index >= 15 is 0 Å². The van der Waals surface area contributed by atoms with E-state index in [2.05, 4.69) is 7.05 Å². The van der Waals surface area contributed by atoms with Crippen LogP contribution in [0.3, 0.4) is 0 Å². The zero-order valence-corrected chi connectivity index (χ0v) is 7.34. The molecule has 1 aliphatic heterocycles. The van der Waals surface area contributed by atoms with E-state index in [0.717, 1.165) is 4.90 Å². The second kappa shape index (κ2) is 2.57. The Bertz CT molecular complexity index is 414. The molecular formula is C9H5ClNO2. The number of hydrogen-bond acceptors (Lipinski definition) is 2. The third-order valence-corrected chi connectivity index (χ3v) is 2.26. The van der Waals surface area contributed by atoms with Crippen molar-refractivity contribution in [1.29, 1.82) is 0 Å². The lowest BCUT2D eigenvalue weighted by atomic mass is 10.1. The number of hydrogen-bond donors (Lipinski definition) is 0. The first kappa shape index (κ1) is 8.26. The van der Waals surface area contributed by atoms with Gasteiger partial charge in [-0.3, -0.25) is 14.5 Å². The molecule has 0 N–H and O–H groups in total. The van der Waals surface area contributed by atoms with Crippen LogP contribution in [-0.2, 0) is 0 Å². The Labute approximate surface area is 79.9 Å². The summed E-state index contributed by atoms with van der Waals surface area (Å²) in [5, 5.41) is 0.294. The first-order chi connectivity index (χ1) is 6.13. The lowest BCUT2D eigenvalue weighted by Gasteiger charge is -2.02. The SMILES string of the molecule is [CH2]N1C(=O)c2cccc(Cl)c2C1=O. The summed E-state index contributed by atoms with van der Waals surface area (Å²) in [5.74, 6) is -0.840. The maximum absolute atomic E-state index is 11.4. The average Bonchev–Trinajstić information content (AvgIpc) is 2.33. The molecule has 0 atom stereocenters. The largest absolute Gasteiger partial charge is 0.272 e. The summed E-state index contributed by atoms with van der Waals surface area (Å²) in [4.78, 5) is 23.5. The standard InChI is InChI=1S/C9H5ClNO2/c1-11-8(12)5-3-2-4-6(10)7(5)9(11)13/h2-4H,1H2. The van der Waals surface area contributed by atoms with Crippen molar-refractivity contribution in [2.45, 2.75) is 0 Å². The molecular weight excluding hydrogens is 190 g/mol. The highest BCUT2D eigenvalue weighted by molar-refractivity contribution is 6.37. The van der Waals surface area contributed by atoms with Crippen molar-refractivity contribution in [3.05, 3.63) is 41.4 Å². The highest BCUT2D eigenvalue weighted by atomic mass is 35.5. The van der Waals surface area contributed by atoms with Crippen molar-refractivity contribution in [3.8, 4) is 0 Å². The topological polar surface area (TPSA) is 37.4 Å². The Hall–Kier alpha value is -1.35. The van der Waals surface area contributed by atoms with Gasteiger partial charge in [-0.05, 0) is 12.1 Å². The lowest BCUT2D eigenvalue weighted by Crippen LogP contribution is -2.21. The van der Waals surface area contributed by atoms with Gasteiger partial charge in [0, 0.05) is 7.05 Å². The van der Waals surface area contributed by atoms with E-state index in [-0.39, 0.29) is 5.56 Å². The third-order valence-electron chi connectivity index (χ3n) is 1.95. The molecule has 2 rings (SSSR count). The molecule has 0 spiro atoms. The summed E-state index contributed by atoms with van der Waals surface area (Å²) in [6.45, 7) is 0. The van der Waals surface area contributed by atoms with Crippen LogP contribution in [0, 0.1) is 7.05 Å². The van der Waals surface area contributed by atoms with Gasteiger partial charge in [0.25, 0.3) is 11.8 Å². The van der Waals surface area contributed by atoms with E-state index in [0.29, 0.717) is 10.6 Å². The van der Waals surface area contributed by atoms with Gasteiger partial charge in [-0.2, -0.15) is 0 Å². The Morgan fingerprint density at radius 2 is 1.92 bits per heavy atom. The molecule has 1 aromatic rings. The number of rotatable bonds is 0. The van der Waals surface area contributed by atoms with Crippen LogP contribution in [0.2, 0.25) is 5.02 Å². The lowest BCUT2D eigenvalue weighted by molar-refractivity contribution is 0.0717. The first-order valence-corrected chi connectivity index (χ1v) is 3.98. The molecule has 1 aromatic carbocycles. The number of amides is 2. The number of benzene rings is 1. The Morgan fingerprint density at radius 3 is 2.54 bits per heavy atom. The Morgan fingerprint density at radius 1 is 1.23 bits per heavy atom. The molecule has 1 heterocycles. The van der Waals surface area contributed by atoms with E-state index in [9.17, 15) is 9.59 Å². The quantitative estimate of drug-likeness (QED) is 0.590. The third kappa shape index (κ3) is 0.971. The van der Waals surface area contributed by atoms with Gasteiger partial charge in [0.1, 0.15) is 0 Å². The monoisotopic (exact) mass is 194 g/mol. The number of imide groups is 1. The molecule has 13 heavy (non-hydrogen) atoms. The molecule has 0 aromatic heterocycles. The maximum atomic E-state index is 11.4. The van der Waals surface area contributed by atoms with E-state index in [1.54, 1.807) is 18.2 Å². The van der Waals surface area contributed by atoms with E-state index in [4.69, 9.17) is 11.6 Å². The molecule has 1 radical (unpaired) electrons. The van der Waals surface area contributed by atoms with Gasteiger partial charge in [0.05, 0.1) is 16.1 Å². The molecule has 65 valence electrons. The van der Waals surface area contributed by atoms with Crippen molar-refractivity contribution in [1.82, 2.24) is 4.90 Å². The smallest absolute Gasteiger partial charge is 0.263 e. The summed E-state index contributed by atoms with van der Waals surface area (Å²) >= 11 is 5.77. The zero-order chi connectivity index (χ0) is 9.59. The van der Waals surface area contributed by atoms with Gasteiger partial charge in [-0.15, -0.1) is 0 Å². The van der Waals surface area contributed by atoms with Crippen LogP contribution in [0.15, 0.2) is 18.2 Å². The molecule has 0 unspecified atom stereocenters. The molecule has 3 nitrogen and oxygen atoms in total. The predicted molar refractivity (Wildman–Crippen MR) is 47.3 cm³/mol. The summed E-state index contributed by atoms with van der Waals surface area (Å²) in [5.41, 5.74) is 0.580. The van der Waals surface area contributed by atoms with Crippen LogP contribution in [0.1, 0.15) is 20.7 Å². The van der Waals surface area contributed by atoms with Crippen LogP contribution >= 0.6 is 11.6 Å². The fourth-order valence-electron chi connectivity index (χ4n) is 1.29. The minimum Gasteiger partial charge on any atom is -0.272 e. The summed E-state index contributed by atoms with van der Waals surface area (Å²) in [7, 11) is 3.33. The zero-order valence-electron chi connectivity index (χ0n) is 6.58. The number of carbonyl (C=O) groups is 2. The van der Waals surface area contributed by atoms with Crippen molar-refractivity contribution in [2.24, 2.45) is 0 Å². The second-order valence-corrected chi connectivity index (χ2v) is 3.11. The number of carbonyl (C=O) groups excluding carboxylic acids is 2. The fraction of sp³-hybridized carbons (Fsp3) is 0. The van der Waals surface area contributed by atoms with Crippen molar-refractivity contribution < 1.29 is 9.59 Å². The number of nitrogens with zero attached hydrogens (tertiary/aromatic N) is 1. The molecule has 1 aliphatic rings. The van der Waals surface area contributed by atoms with Crippen molar-refractivity contribution >= 4 is 23.4 Å². The van der Waals surface area contributed by atoms with Gasteiger partial charge < -0.3 is 0 Å². The van der Waals surface area contributed by atoms with Crippen LogP contribution in [0.5, 0.6) is 0 Å². The molecule has 2 amide bonds. The fourth-order valence-corrected chi connectivity index (χ4v) is 1.55. The highest BCUT2D eigenvalue weighted by Gasteiger charge is 2.34. The summed E-state index contributed by atoms with van der Waals surface area (Å²) in [6.07, 6.45) is 0. The molecule has 0 saturated heterocycles. The summed E-state index contributed by atoms with van der Waals surface area (Å²) < 4.78 is 0. The highest BCUT2D eigenvalue weighted by Crippen LogP contribution is 2.28. The molecule has 0 saturated carbocycles. The Kier molecular flexibility index (Phi) is 1.63. The van der Waals surface area contributed by atoms with Gasteiger partial charge in [0.2, 0.25) is 0 Å². The second-order valence-electron chi connectivity index (χ2n) is 2.70. The van der Waals surface area contributed by atoms with Crippen LogP contribution < -0.4 is 0 Å². The number of halogens is 1. The van der Waals surface area contributed by atoms with Gasteiger partial charge in [0.15, 0.2) is 0 Å². The summed E-state index contributed by atoms with van der Waals surface area (Å²) in [6, 6.07) is 4.77. The number of fused-ring (bicyclic) bond motifs is 1. The maximum Gasteiger partial charge on any atom is 0.263 e. The van der Waals surface area contributed by atoms with Crippen LogP contribution in [0.25, 0.3) is 0 Å². The van der Waals surface area contributed by atoms with Gasteiger partial charge in [-0.25, -0.2) is 0 Å². The molecule has 4 heteroatoms. The van der Waals surface area contributed by atoms with E-state index in [1.807, 2.05) is 0 Å². The van der Waals surface area contributed by atoms with Crippen LogP contribution in [0.4, 0.5) is 0 Å². The normalized spacial score (nSPS) is 15.1. The van der Waals surface area contributed by atoms with E-state index < -0.39 is 11.8 Å². The van der Waals surface area contributed by atoms with Crippen molar-refractivity contribution in [2.75, 3.05) is 0 Å². The Balaban J connectivity index is 2.74. The first-order valence-electron chi connectivity index (χ1n) is 3.60. The van der Waals surface area contributed by atoms with E-state index in [1.165, 1.54) is 0 Å². The molecule has 0 aliphatic carbocycles. The van der Waals surface area contributed by atoms with Crippen molar-refractivity contribution in [3.63, 3.8) is 0 Å². The minimum absolute atomic E-state index is 0.254. The molecule has 0 bridgehead atoms. The minimum atomic E-state index is -0.439. The average molecular weight is 195 g/mol. The predicted octanol–water partition coefficient (Wildman–Crippen LogP) is 1.73.